The number of carbonyl (C=O) groups is 1. The number of nitrogens with zero attached hydrogens (tertiary/aromatic N) is 4. The van der Waals surface area contributed by atoms with Crippen molar-refractivity contribution in [1.82, 2.24) is 24.6 Å². The van der Waals surface area contributed by atoms with Gasteiger partial charge in [0.15, 0.2) is 4.96 Å². The summed E-state index contributed by atoms with van der Waals surface area (Å²) in [5, 5.41) is 10.8. The number of methoxy groups -OCH3 is 1. The topological polar surface area (TPSA) is 97.2 Å². The highest BCUT2D eigenvalue weighted by atomic mass is 32.1. The van der Waals surface area contributed by atoms with Crippen LogP contribution in [0.5, 0.6) is 6.01 Å². The van der Waals surface area contributed by atoms with Gasteiger partial charge >= 0.3 is 6.01 Å². The number of amides is 1. The Bertz CT molecular complexity index is 686. The molecule has 0 fully saturated rings. The highest BCUT2D eigenvalue weighted by molar-refractivity contribution is 7.15. The van der Waals surface area contributed by atoms with E-state index in [1.54, 1.807) is 0 Å². The average Bonchev–Trinajstić information content (AvgIpc) is 3.03. The molecule has 0 aliphatic carbocycles. The van der Waals surface area contributed by atoms with Crippen LogP contribution in [0.15, 0.2) is 17.8 Å². The van der Waals surface area contributed by atoms with Gasteiger partial charge in [0.2, 0.25) is 11.9 Å². The highest BCUT2D eigenvalue weighted by Gasteiger charge is 2.11. The minimum atomic E-state index is -0.218. The van der Waals surface area contributed by atoms with Gasteiger partial charge in [0.25, 0.3) is 0 Å². The number of carbonyl (C=O) groups excluding carboxylic acids is 1. The molecule has 2 N–H and O–H groups in total. The molecule has 9 heteroatoms. The first-order chi connectivity index (χ1) is 9.24. The van der Waals surface area contributed by atoms with Gasteiger partial charge < -0.3 is 4.74 Å². The lowest BCUT2D eigenvalue weighted by atomic mass is 10.3. The maximum atomic E-state index is 11.8. The molecule has 3 rings (SSSR count). The van der Waals surface area contributed by atoms with E-state index in [1.165, 1.54) is 18.4 Å². The molecular formula is C10H10N6O2S. The third kappa shape index (κ3) is 2.40. The minimum absolute atomic E-state index is 0.178. The van der Waals surface area contributed by atoms with E-state index in [2.05, 4.69) is 25.5 Å². The number of rotatable bonds is 4. The number of nitrogens with one attached hydrogen (secondary N) is 2. The van der Waals surface area contributed by atoms with Gasteiger partial charge in [-0.3, -0.25) is 14.5 Å². The number of anilines is 1. The number of aromatic nitrogens is 5. The maximum absolute atomic E-state index is 11.8. The first-order valence-corrected chi connectivity index (χ1v) is 6.30. The summed E-state index contributed by atoms with van der Waals surface area (Å²) in [5.74, 6) is 0.0347. The molecule has 0 saturated heterocycles. The minimum Gasteiger partial charge on any atom is -0.466 e. The van der Waals surface area contributed by atoms with Gasteiger partial charge in [0.05, 0.1) is 19.2 Å². The van der Waals surface area contributed by atoms with Crippen LogP contribution in [0, 0.1) is 0 Å². The molecule has 0 spiro atoms. The van der Waals surface area contributed by atoms with E-state index in [1.807, 2.05) is 22.2 Å². The number of hydrogen-bond donors (Lipinski definition) is 2. The first kappa shape index (κ1) is 11.7. The summed E-state index contributed by atoms with van der Waals surface area (Å²) in [4.78, 5) is 20.9. The Labute approximate surface area is 111 Å². The summed E-state index contributed by atoms with van der Waals surface area (Å²) in [6.07, 6.45) is 3.90. The molecule has 0 unspecified atom stereocenters. The molecule has 0 bridgehead atoms. The second kappa shape index (κ2) is 4.69. The molecule has 3 aromatic heterocycles. The van der Waals surface area contributed by atoms with Crippen molar-refractivity contribution in [2.75, 3.05) is 12.4 Å². The van der Waals surface area contributed by atoms with Crippen LogP contribution in [0.4, 0.5) is 5.95 Å². The van der Waals surface area contributed by atoms with Crippen molar-refractivity contribution in [3.05, 3.63) is 23.5 Å². The van der Waals surface area contributed by atoms with E-state index in [4.69, 9.17) is 4.74 Å². The molecule has 0 atom stereocenters. The molecule has 19 heavy (non-hydrogen) atoms. The average molecular weight is 278 g/mol. The lowest BCUT2D eigenvalue weighted by Gasteiger charge is -1.98. The molecule has 3 aromatic rings. The Morgan fingerprint density at radius 1 is 1.58 bits per heavy atom. The SMILES string of the molecule is COc1n[nH]c(NC(=O)Cc2cn3ccsc3n2)n1. The van der Waals surface area contributed by atoms with E-state index in [0.717, 1.165) is 4.96 Å². The quantitative estimate of drug-likeness (QED) is 0.732. The molecule has 8 nitrogen and oxygen atoms in total. The molecular weight excluding hydrogens is 268 g/mol. The van der Waals surface area contributed by atoms with Crippen molar-refractivity contribution in [2.45, 2.75) is 6.42 Å². The Hall–Kier alpha value is -2.42. The summed E-state index contributed by atoms with van der Waals surface area (Å²) in [7, 11) is 1.45. The summed E-state index contributed by atoms with van der Waals surface area (Å²) < 4.78 is 6.68. The molecule has 3 heterocycles. The monoisotopic (exact) mass is 278 g/mol. The van der Waals surface area contributed by atoms with E-state index in [0.29, 0.717) is 5.69 Å². The second-order valence-electron chi connectivity index (χ2n) is 3.72. The normalized spacial score (nSPS) is 10.8. The Morgan fingerprint density at radius 3 is 3.21 bits per heavy atom. The number of ether oxygens (including phenoxy) is 1. The predicted molar refractivity (Wildman–Crippen MR) is 68.3 cm³/mol. The van der Waals surface area contributed by atoms with Gasteiger partial charge in [0.1, 0.15) is 0 Å². The van der Waals surface area contributed by atoms with Crippen molar-refractivity contribution in [2.24, 2.45) is 0 Å². The Morgan fingerprint density at radius 2 is 2.47 bits per heavy atom. The number of imidazole rings is 1. The van der Waals surface area contributed by atoms with Crippen LogP contribution in [0.1, 0.15) is 5.69 Å². The van der Waals surface area contributed by atoms with E-state index in [-0.39, 0.29) is 24.3 Å². The van der Waals surface area contributed by atoms with Gasteiger partial charge in [-0.2, -0.15) is 4.98 Å². The molecule has 98 valence electrons. The summed E-state index contributed by atoms with van der Waals surface area (Å²) in [6, 6.07) is 0.179. The fourth-order valence-electron chi connectivity index (χ4n) is 1.60. The molecule has 0 aliphatic rings. The van der Waals surface area contributed by atoms with Crippen LogP contribution in [0.25, 0.3) is 4.96 Å². The first-order valence-electron chi connectivity index (χ1n) is 5.42. The lowest BCUT2D eigenvalue weighted by molar-refractivity contribution is -0.115. The number of thiazole rings is 1. The van der Waals surface area contributed by atoms with Crippen LogP contribution < -0.4 is 10.1 Å². The largest absolute Gasteiger partial charge is 0.466 e. The maximum Gasteiger partial charge on any atom is 0.336 e. The second-order valence-corrected chi connectivity index (χ2v) is 4.59. The van der Waals surface area contributed by atoms with Gasteiger partial charge in [0, 0.05) is 17.8 Å². The number of H-pyrrole nitrogens is 1. The Balaban J connectivity index is 1.66. The summed E-state index contributed by atoms with van der Waals surface area (Å²) in [6.45, 7) is 0. The molecule has 0 saturated carbocycles. The van der Waals surface area contributed by atoms with Crippen LogP contribution in [-0.2, 0) is 11.2 Å². The van der Waals surface area contributed by atoms with Crippen molar-refractivity contribution in [3.8, 4) is 6.01 Å². The van der Waals surface area contributed by atoms with Crippen molar-refractivity contribution in [3.63, 3.8) is 0 Å². The standard InChI is InChI=1S/C10H10N6O2S/c1-18-9-13-8(14-15-9)12-7(17)4-6-5-16-2-3-19-10(16)11-6/h2-3,5H,4H2,1H3,(H2,12,13,14,15,17). The van der Waals surface area contributed by atoms with Crippen LogP contribution in [0.2, 0.25) is 0 Å². The van der Waals surface area contributed by atoms with Crippen LogP contribution >= 0.6 is 11.3 Å². The van der Waals surface area contributed by atoms with Gasteiger partial charge in [-0.1, -0.05) is 0 Å². The fraction of sp³-hybridized carbons (Fsp3) is 0.200. The predicted octanol–water partition coefficient (Wildman–Crippen LogP) is 0.704. The summed E-state index contributed by atoms with van der Waals surface area (Å²) in [5.41, 5.74) is 0.704. The summed E-state index contributed by atoms with van der Waals surface area (Å²) >= 11 is 1.52. The zero-order valence-electron chi connectivity index (χ0n) is 9.95. The highest BCUT2D eigenvalue weighted by Crippen LogP contribution is 2.12. The molecule has 0 aliphatic heterocycles. The lowest BCUT2D eigenvalue weighted by Crippen LogP contribution is -2.15. The van der Waals surface area contributed by atoms with Gasteiger partial charge in [-0.25, -0.2) is 10.1 Å². The molecule has 0 radical (unpaired) electrons. The third-order valence-corrected chi connectivity index (χ3v) is 3.16. The zero-order valence-corrected chi connectivity index (χ0v) is 10.8. The van der Waals surface area contributed by atoms with Crippen molar-refractivity contribution < 1.29 is 9.53 Å². The van der Waals surface area contributed by atoms with Crippen LogP contribution in [-0.4, -0.2) is 37.6 Å². The smallest absolute Gasteiger partial charge is 0.336 e. The van der Waals surface area contributed by atoms with Gasteiger partial charge in [-0.15, -0.1) is 16.4 Å². The molecule has 1 amide bonds. The third-order valence-electron chi connectivity index (χ3n) is 2.39. The van der Waals surface area contributed by atoms with Crippen molar-refractivity contribution >= 4 is 28.2 Å². The van der Waals surface area contributed by atoms with Crippen molar-refractivity contribution in [1.29, 1.82) is 0 Å². The van der Waals surface area contributed by atoms with E-state index >= 15 is 0 Å². The van der Waals surface area contributed by atoms with E-state index < -0.39 is 0 Å². The number of hydrogen-bond acceptors (Lipinski definition) is 6. The zero-order chi connectivity index (χ0) is 13.2. The fourth-order valence-corrected chi connectivity index (χ4v) is 2.31. The number of aromatic amines is 1. The van der Waals surface area contributed by atoms with E-state index in [9.17, 15) is 4.79 Å². The Kier molecular flexibility index (Phi) is 2.88. The molecule has 0 aromatic carbocycles. The van der Waals surface area contributed by atoms with Gasteiger partial charge in [-0.05, 0) is 0 Å². The number of fused-ring (bicyclic) bond motifs is 1. The van der Waals surface area contributed by atoms with Crippen LogP contribution in [0.3, 0.4) is 0 Å².